The number of hydrogen-bond acceptors (Lipinski definition) is 2. The van der Waals surface area contributed by atoms with Crippen LogP contribution in [0.15, 0.2) is 42.5 Å². The lowest BCUT2D eigenvalue weighted by atomic mass is 9.85. The standard InChI is InChI=1S/C18H23NO2/c1-17(2,3)21-16(20)19-13-7-12-18(19,15-10-11-15)14-8-5-4-6-9-14/h4-9,12,15H,10-11,13H2,1-3H3. The van der Waals surface area contributed by atoms with Gasteiger partial charge >= 0.3 is 6.09 Å². The summed E-state index contributed by atoms with van der Waals surface area (Å²) < 4.78 is 5.62. The van der Waals surface area contributed by atoms with Crippen LogP contribution in [0.5, 0.6) is 0 Å². The molecule has 1 heterocycles. The van der Waals surface area contributed by atoms with Gasteiger partial charge in [-0.1, -0.05) is 42.5 Å². The quantitative estimate of drug-likeness (QED) is 0.766. The maximum Gasteiger partial charge on any atom is 0.411 e. The van der Waals surface area contributed by atoms with E-state index in [1.807, 2.05) is 43.9 Å². The number of rotatable bonds is 2. The van der Waals surface area contributed by atoms with Crippen molar-refractivity contribution in [1.29, 1.82) is 0 Å². The summed E-state index contributed by atoms with van der Waals surface area (Å²) in [6, 6.07) is 10.3. The zero-order valence-corrected chi connectivity index (χ0v) is 13.0. The molecule has 1 aromatic rings. The van der Waals surface area contributed by atoms with Crippen molar-refractivity contribution in [1.82, 2.24) is 4.90 Å². The van der Waals surface area contributed by atoms with Crippen molar-refractivity contribution in [2.24, 2.45) is 5.92 Å². The largest absolute Gasteiger partial charge is 0.444 e. The molecular weight excluding hydrogens is 262 g/mol. The minimum atomic E-state index is -0.467. The van der Waals surface area contributed by atoms with Crippen LogP contribution in [0.2, 0.25) is 0 Å². The Hall–Kier alpha value is -1.77. The summed E-state index contributed by atoms with van der Waals surface area (Å²) in [6.07, 6.45) is 6.40. The Morgan fingerprint density at radius 3 is 2.48 bits per heavy atom. The van der Waals surface area contributed by atoms with Crippen LogP contribution in [-0.2, 0) is 10.3 Å². The van der Waals surface area contributed by atoms with Crippen molar-refractivity contribution >= 4 is 6.09 Å². The van der Waals surface area contributed by atoms with Gasteiger partial charge in [0.15, 0.2) is 0 Å². The second-order valence-electron chi connectivity index (χ2n) is 6.96. The summed E-state index contributed by atoms with van der Waals surface area (Å²) in [4.78, 5) is 14.5. The van der Waals surface area contributed by atoms with Crippen LogP contribution < -0.4 is 0 Å². The molecule has 1 aliphatic heterocycles. The zero-order valence-electron chi connectivity index (χ0n) is 13.0. The van der Waals surface area contributed by atoms with Crippen molar-refractivity contribution in [3.05, 3.63) is 48.0 Å². The monoisotopic (exact) mass is 285 g/mol. The first-order valence-electron chi connectivity index (χ1n) is 7.67. The van der Waals surface area contributed by atoms with Crippen LogP contribution in [0.3, 0.4) is 0 Å². The third-order valence-corrected chi connectivity index (χ3v) is 4.16. The van der Waals surface area contributed by atoms with Crippen molar-refractivity contribution in [3.8, 4) is 0 Å². The number of hydrogen-bond donors (Lipinski definition) is 0. The molecule has 21 heavy (non-hydrogen) atoms. The third-order valence-electron chi connectivity index (χ3n) is 4.16. The van der Waals surface area contributed by atoms with Crippen molar-refractivity contribution in [3.63, 3.8) is 0 Å². The molecule has 0 N–H and O–H groups in total. The third kappa shape index (κ3) is 2.57. The van der Waals surface area contributed by atoms with Crippen LogP contribution in [0.25, 0.3) is 0 Å². The average molecular weight is 285 g/mol. The molecule has 3 nitrogen and oxygen atoms in total. The molecule has 1 saturated carbocycles. The summed E-state index contributed by atoms with van der Waals surface area (Å²) in [5.74, 6) is 0.506. The molecule has 1 fully saturated rings. The Morgan fingerprint density at radius 1 is 1.24 bits per heavy atom. The molecule has 3 rings (SSSR count). The number of carbonyl (C=O) groups excluding carboxylic acids is 1. The van der Waals surface area contributed by atoms with E-state index in [2.05, 4.69) is 24.3 Å². The highest BCUT2D eigenvalue weighted by molar-refractivity contribution is 5.71. The smallest absolute Gasteiger partial charge is 0.411 e. The fourth-order valence-corrected chi connectivity index (χ4v) is 3.19. The van der Waals surface area contributed by atoms with Gasteiger partial charge in [0.25, 0.3) is 0 Å². The van der Waals surface area contributed by atoms with E-state index in [1.165, 1.54) is 18.4 Å². The van der Waals surface area contributed by atoms with Crippen molar-refractivity contribution < 1.29 is 9.53 Å². The Labute approximate surface area is 126 Å². The summed E-state index contributed by atoms with van der Waals surface area (Å²) in [5, 5.41) is 0. The summed E-state index contributed by atoms with van der Waals surface area (Å²) >= 11 is 0. The van der Waals surface area contributed by atoms with Gasteiger partial charge in [0, 0.05) is 6.54 Å². The minimum absolute atomic E-state index is 0.219. The van der Waals surface area contributed by atoms with E-state index < -0.39 is 5.60 Å². The van der Waals surface area contributed by atoms with E-state index in [0.717, 1.165) is 0 Å². The van der Waals surface area contributed by atoms with Gasteiger partial charge in [0.1, 0.15) is 5.60 Å². The van der Waals surface area contributed by atoms with Gasteiger partial charge in [-0.25, -0.2) is 4.79 Å². The minimum Gasteiger partial charge on any atom is -0.444 e. The predicted octanol–water partition coefficient (Wildman–Crippen LogP) is 4.10. The average Bonchev–Trinajstić information content (AvgIpc) is 3.17. The topological polar surface area (TPSA) is 29.5 Å². The van der Waals surface area contributed by atoms with Crippen molar-refractivity contribution in [2.45, 2.75) is 44.8 Å². The first-order valence-corrected chi connectivity index (χ1v) is 7.67. The highest BCUT2D eigenvalue weighted by Gasteiger charge is 2.53. The summed E-state index contributed by atoms with van der Waals surface area (Å²) in [5.41, 5.74) is 0.405. The molecule has 1 unspecified atom stereocenters. The van der Waals surface area contributed by atoms with E-state index >= 15 is 0 Å². The van der Waals surface area contributed by atoms with Crippen LogP contribution >= 0.6 is 0 Å². The Balaban J connectivity index is 1.96. The zero-order chi connectivity index (χ0) is 15.1. The van der Waals surface area contributed by atoms with Crippen LogP contribution in [-0.4, -0.2) is 23.1 Å². The maximum absolute atomic E-state index is 12.6. The number of amides is 1. The van der Waals surface area contributed by atoms with Crippen LogP contribution in [0.1, 0.15) is 39.2 Å². The number of benzene rings is 1. The molecule has 1 atom stereocenters. The fourth-order valence-electron chi connectivity index (χ4n) is 3.19. The molecule has 0 aromatic heterocycles. The molecule has 1 aliphatic carbocycles. The van der Waals surface area contributed by atoms with Gasteiger partial charge in [0.2, 0.25) is 0 Å². The van der Waals surface area contributed by atoms with Gasteiger partial charge in [-0.15, -0.1) is 0 Å². The lowest BCUT2D eigenvalue weighted by Gasteiger charge is -2.39. The number of carbonyl (C=O) groups is 1. The Kier molecular flexibility index (Phi) is 3.31. The predicted molar refractivity (Wildman–Crippen MR) is 82.9 cm³/mol. The van der Waals surface area contributed by atoms with Crippen molar-refractivity contribution in [2.75, 3.05) is 6.54 Å². The molecule has 1 aromatic carbocycles. The molecule has 1 amide bonds. The molecular formula is C18H23NO2. The number of ether oxygens (including phenoxy) is 1. The van der Waals surface area contributed by atoms with E-state index in [-0.39, 0.29) is 11.6 Å². The normalized spacial score (nSPS) is 25.2. The SMILES string of the molecule is CC(C)(C)OC(=O)N1CC=CC1(c1ccccc1)C1CC1. The highest BCUT2D eigenvalue weighted by atomic mass is 16.6. The molecule has 0 radical (unpaired) electrons. The van der Waals surface area contributed by atoms with Gasteiger partial charge in [-0.2, -0.15) is 0 Å². The van der Waals surface area contributed by atoms with E-state index in [4.69, 9.17) is 4.74 Å². The molecule has 0 spiro atoms. The maximum atomic E-state index is 12.6. The Morgan fingerprint density at radius 2 is 1.90 bits per heavy atom. The highest BCUT2D eigenvalue weighted by Crippen LogP contribution is 2.52. The first kappa shape index (κ1) is 14.2. The van der Waals surface area contributed by atoms with E-state index in [0.29, 0.717) is 12.5 Å². The van der Waals surface area contributed by atoms with Gasteiger partial charge in [-0.3, -0.25) is 4.90 Å². The molecule has 0 bridgehead atoms. The fraction of sp³-hybridized carbons (Fsp3) is 0.500. The van der Waals surface area contributed by atoms with E-state index in [9.17, 15) is 4.79 Å². The van der Waals surface area contributed by atoms with Crippen LogP contribution in [0, 0.1) is 5.92 Å². The lowest BCUT2D eigenvalue weighted by molar-refractivity contribution is 0.00741. The first-order chi connectivity index (χ1) is 9.93. The Bertz CT molecular complexity index is 554. The molecule has 3 heteroatoms. The van der Waals surface area contributed by atoms with Crippen LogP contribution in [0.4, 0.5) is 4.79 Å². The summed E-state index contributed by atoms with van der Waals surface area (Å²) in [6.45, 7) is 6.36. The summed E-state index contributed by atoms with van der Waals surface area (Å²) in [7, 11) is 0. The molecule has 112 valence electrons. The van der Waals surface area contributed by atoms with E-state index in [1.54, 1.807) is 0 Å². The second-order valence-corrected chi connectivity index (χ2v) is 6.96. The second kappa shape index (κ2) is 4.90. The van der Waals surface area contributed by atoms with Gasteiger partial charge in [-0.05, 0) is 45.1 Å². The number of nitrogens with zero attached hydrogens (tertiary/aromatic N) is 1. The van der Waals surface area contributed by atoms with Gasteiger partial charge in [0.05, 0.1) is 5.54 Å². The van der Waals surface area contributed by atoms with Gasteiger partial charge < -0.3 is 4.74 Å². The lowest BCUT2D eigenvalue weighted by Crippen LogP contribution is -2.48. The molecule has 0 saturated heterocycles. The molecule has 2 aliphatic rings.